The summed E-state index contributed by atoms with van der Waals surface area (Å²) in [6, 6.07) is 8.86. The fourth-order valence-electron chi connectivity index (χ4n) is 1.18. The SMILES string of the molecule is CCCc1ccccc1[Te]C. The quantitative estimate of drug-likeness (QED) is 0.731. The molecule has 0 atom stereocenters. The molecule has 0 N–H and O–H groups in total. The summed E-state index contributed by atoms with van der Waals surface area (Å²) in [4.78, 5) is 2.35. The predicted molar refractivity (Wildman–Crippen MR) is 51.7 cm³/mol. The van der Waals surface area contributed by atoms with E-state index in [1.165, 1.54) is 12.8 Å². The van der Waals surface area contributed by atoms with Crippen LogP contribution in [0.5, 0.6) is 0 Å². The normalized spacial score (nSPS) is 10.0. The molecule has 0 saturated carbocycles. The Balaban J connectivity index is 2.83. The number of hydrogen-bond donors (Lipinski definition) is 0. The molecule has 1 rings (SSSR count). The predicted octanol–water partition coefficient (Wildman–Crippen LogP) is 2.02. The maximum atomic E-state index is 2.35. The van der Waals surface area contributed by atoms with Gasteiger partial charge in [-0.25, -0.2) is 0 Å². The number of hydrogen-bond acceptors (Lipinski definition) is 0. The Kier molecular flexibility index (Phi) is 3.97. The van der Waals surface area contributed by atoms with Crippen molar-refractivity contribution in [2.75, 3.05) is 0 Å². The van der Waals surface area contributed by atoms with Crippen molar-refractivity contribution in [3.63, 3.8) is 0 Å². The molecule has 0 aliphatic carbocycles. The summed E-state index contributed by atoms with van der Waals surface area (Å²) in [6.07, 6.45) is 2.53. The first kappa shape index (κ1) is 9.10. The van der Waals surface area contributed by atoms with Crippen LogP contribution in [0.4, 0.5) is 0 Å². The van der Waals surface area contributed by atoms with Crippen molar-refractivity contribution >= 4 is 24.5 Å². The Hall–Kier alpha value is 0.00961. The van der Waals surface area contributed by atoms with Crippen molar-refractivity contribution < 1.29 is 0 Å². The van der Waals surface area contributed by atoms with Crippen molar-refractivity contribution in [1.82, 2.24) is 0 Å². The summed E-state index contributed by atoms with van der Waals surface area (Å²) in [6.45, 7) is 2.24. The Morgan fingerprint density at radius 1 is 1.27 bits per heavy atom. The summed E-state index contributed by atoms with van der Waals surface area (Å²) in [5, 5.41) is 0. The first-order valence-electron chi connectivity index (χ1n) is 4.00. The number of benzene rings is 1. The molecule has 1 aromatic carbocycles. The van der Waals surface area contributed by atoms with E-state index >= 15 is 0 Å². The molecule has 0 aliphatic heterocycles. The van der Waals surface area contributed by atoms with Crippen LogP contribution in [0.2, 0.25) is 4.97 Å². The summed E-state index contributed by atoms with van der Waals surface area (Å²) in [5.41, 5.74) is 1.58. The maximum absolute atomic E-state index is 2.35. The molecule has 0 aliphatic rings. The van der Waals surface area contributed by atoms with E-state index in [1.54, 1.807) is 9.17 Å². The van der Waals surface area contributed by atoms with E-state index in [9.17, 15) is 0 Å². The third kappa shape index (κ3) is 2.51. The second-order valence-electron chi connectivity index (χ2n) is 2.56. The molecule has 60 valence electrons. The third-order valence-corrected chi connectivity index (χ3v) is 4.10. The van der Waals surface area contributed by atoms with Crippen LogP contribution in [-0.2, 0) is 6.42 Å². The zero-order chi connectivity index (χ0) is 8.10. The van der Waals surface area contributed by atoms with Gasteiger partial charge in [0.05, 0.1) is 0 Å². The van der Waals surface area contributed by atoms with Gasteiger partial charge < -0.3 is 0 Å². The Bertz CT molecular complexity index is 218. The zero-order valence-electron chi connectivity index (χ0n) is 7.13. The van der Waals surface area contributed by atoms with Gasteiger partial charge in [-0.3, -0.25) is 0 Å². The molecule has 0 saturated heterocycles. The number of aryl methyl sites for hydroxylation is 1. The van der Waals surface area contributed by atoms with E-state index in [2.05, 4.69) is 36.2 Å². The minimum absolute atomic E-state index is 0.114. The van der Waals surface area contributed by atoms with Gasteiger partial charge in [0.25, 0.3) is 0 Å². The van der Waals surface area contributed by atoms with Crippen molar-refractivity contribution in [2.24, 2.45) is 0 Å². The monoisotopic (exact) mass is 264 g/mol. The molecule has 0 bridgehead atoms. The summed E-state index contributed by atoms with van der Waals surface area (Å²) in [7, 11) is 0. The van der Waals surface area contributed by atoms with Crippen LogP contribution in [0, 0.1) is 0 Å². The van der Waals surface area contributed by atoms with E-state index < -0.39 is 0 Å². The van der Waals surface area contributed by atoms with Crippen LogP contribution in [0.15, 0.2) is 24.3 Å². The summed E-state index contributed by atoms with van der Waals surface area (Å²) >= 11 is 0.114. The molecule has 0 aromatic heterocycles. The minimum atomic E-state index is 0.114. The van der Waals surface area contributed by atoms with E-state index in [4.69, 9.17) is 0 Å². The molecule has 0 heterocycles. The van der Waals surface area contributed by atoms with Crippen molar-refractivity contribution in [3.8, 4) is 0 Å². The van der Waals surface area contributed by atoms with Gasteiger partial charge in [0.15, 0.2) is 0 Å². The Labute approximate surface area is 79.1 Å². The second-order valence-corrected chi connectivity index (χ2v) is 4.98. The van der Waals surface area contributed by atoms with E-state index in [0.29, 0.717) is 0 Å². The Morgan fingerprint density at radius 3 is 2.64 bits per heavy atom. The Morgan fingerprint density at radius 2 is 2.00 bits per heavy atom. The first-order valence-corrected chi connectivity index (χ1v) is 7.50. The topological polar surface area (TPSA) is 0 Å². The third-order valence-electron chi connectivity index (χ3n) is 1.71. The molecule has 1 heteroatoms. The molecule has 1 aromatic rings. The molecular weight excluding hydrogens is 248 g/mol. The van der Waals surface area contributed by atoms with Crippen LogP contribution >= 0.6 is 0 Å². The van der Waals surface area contributed by atoms with Gasteiger partial charge in [0, 0.05) is 0 Å². The molecule has 11 heavy (non-hydrogen) atoms. The average molecular weight is 262 g/mol. The molecule has 0 amide bonds. The fraction of sp³-hybridized carbons (Fsp3) is 0.400. The van der Waals surface area contributed by atoms with E-state index in [1.807, 2.05) is 0 Å². The first-order chi connectivity index (χ1) is 5.38. The molecule has 0 fully saturated rings. The van der Waals surface area contributed by atoms with Gasteiger partial charge in [-0.05, 0) is 0 Å². The second kappa shape index (κ2) is 4.80. The molecular formula is C10H14Te. The number of rotatable bonds is 3. The van der Waals surface area contributed by atoms with Gasteiger partial charge in [0.2, 0.25) is 0 Å². The molecule has 0 nitrogen and oxygen atoms in total. The van der Waals surface area contributed by atoms with Gasteiger partial charge >= 0.3 is 79.1 Å². The summed E-state index contributed by atoms with van der Waals surface area (Å²) < 4.78 is 1.64. The van der Waals surface area contributed by atoms with Crippen LogP contribution in [0.3, 0.4) is 0 Å². The zero-order valence-corrected chi connectivity index (χ0v) is 9.46. The van der Waals surface area contributed by atoms with Gasteiger partial charge in [-0.1, -0.05) is 0 Å². The average Bonchev–Trinajstić information content (AvgIpc) is 2.06. The van der Waals surface area contributed by atoms with E-state index in [-0.39, 0.29) is 20.9 Å². The van der Waals surface area contributed by atoms with Crippen LogP contribution in [0.1, 0.15) is 18.9 Å². The standard InChI is InChI=1S/C10H14Te/c1-3-6-9-7-4-5-8-10(9)11-2/h4-5,7-8H,3,6H2,1-2H3. The van der Waals surface area contributed by atoms with Crippen molar-refractivity contribution in [3.05, 3.63) is 29.8 Å². The van der Waals surface area contributed by atoms with Gasteiger partial charge in [0.1, 0.15) is 0 Å². The summed E-state index contributed by atoms with van der Waals surface area (Å²) in [5.74, 6) is 0. The van der Waals surface area contributed by atoms with Crippen molar-refractivity contribution in [1.29, 1.82) is 0 Å². The molecule has 0 radical (unpaired) electrons. The fourth-order valence-corrected chi connectivity index (χ4v) is 3.03. The van der Waals surface area contributed by atoms with Crippen molar-refractivity contribution in [2.45, 2.75) is 24.7 Å². The van der Waals surface area contributed by atoms with Gasteiger partial charge in [-0.15, -0.1) is 0 Å². The van der Waals surface area contributed by atoms with E-state index in [0.717, 1.165) is 0 Å². The molecule has 0 spiro atoms. The van der Waals surface area contributed by atoms with Crippen LogP contribution in [0.25, 0.3) is 0 Å². The van der Waals surface area contributed by atoms with Gasteiger partial charge in [-0.2, -0.15) is 0 Å². The van der Waals surface area contributed by atoms with Crippen LogP contribution in [-0.4, -0.2) is 20.9 Å². The molecule has 0 unspecified atom stereocenters. The van der Waals surface area contributed by atoms with Crippen LogP contribution < -0.4 is 3.61 Å².